The molecule has 1 unspecified atom stereocenters. The highest BCUT2D eigenvalue weighted by Gasteiger charge is 2.11. The van der Waals surface area contributed by atoms with E-state index in [1.165, 1.54) is 14.2 Å². The van der Waals surface area contributed by atoms with Crippen molar-refractivity contribution in [1.82, 2.24) is 5.32 Å². The zero-order valence-electron chi connectivity index (χ0n) is 10.3. The van der Waals surface area contributed by atoms with Gasteiger partial charge in [-0.05, 0) is 17.7 Å². The molecule has 0 amide bonds. The van der Waals surface area contributed by atoms with Crippen molar-refractivity contribution in [3.8, 4) is 11.5 Å². The van der Waals surface area contributed by atoms with E-state index in [1.54, 1.807) is 18.2 Å². The van der Waals surface area contributed by atoms with E-state index in [0.29, 0.717) is 17.1 Å². The normalized spacial score (nSPS) is 11.9. The lowest BCUT2D eigenvalue weighted by molar-refractivity contribution is -0.136. The first-order valence-electron chi connectivity index (χ1n) is 5.41. The smallest absolute Gasteiger partial charge is 0.317 e. The Kier molecular flexibility index (Phi) is 5.41. The SMILES string of the molecule is COc1ccc(C(O)CNCC(=O)O)cc1OC. The second-order valence-electron chi connectivity index (χ2n) is 3.65. The fourth-order valence-corrected chi connectivity index (χ4v) is 1.49. The van der Waals surface area contributed by atoms with Crippen molar-refractivity contribution < 1.29 is 24.5 Å². The third-order valence-corrected chi connectivity index (χ3v) is 2.41. The highest BCUT2D eigenvalue weighted by molar-refractivity contribution is 5.69. The van der Waals surface area contributed by atoms with E-state index in [-0.39, 0.29) is 13.1 Å². The van der Waals surface area contributed by atoms with Gasteiger partial charge in [-0.25, -0.2) is 0 Å². The van der Waals surface area contributed by atoms with Gasteiger partial charge in [-0.2, -0.15) is 0 Å². The summed E-state index contributed by atoms with van der Waals surface area (Å²) < 4.78 is 10.2. The average molecular weight is 255 g/mol. The van der Waals surface area contributed by atoms with Crippen LogP contribution in [0.15, 0.2) is 18.2 Å². The third kappa shape index (κ3) is 3.90. The molecular weight excluding hydrogens is 238 g/mol. The lowest BCUT2D eigenvalue weighted by Gasteiger charge is -2.14. The van der Waals surface area contributed by atoms with Crippen LogP contribution in [0.3, 0.4) is 0 Å². The zero-order chi connectivity index (χ0) is 13.5. The fraction of sp³-hybridized carbons (Fsp3) is 0.417. The zero-order valence-corrected chi connectivity index (χ0v) is 10.3. The molecule has 0 aliphatic heterocycles. The van der Waals surface area contributed by atoms with Gasteiger partial charge in [-0.1, -0.05) is 6.07 Å². The number of benzene rings is 1. The molecule has 1 aromatic rings. The highest BCUT2D eigenvalue weighted by atomic mass is 16.5. The van der Waals surface area contributed by atoms with E-state index in [2.05, 4.69) is 5.32 Å². The van der Waals surface area contributed by atoms with Gasteiger partial charge in [-0.3, -0.25) is 4.79 Å². The molecule has 18 heavy (non-hydrogen) atoms. The molecule has 0 bridgehead atoms. The number of carbonyl (C=O) groups is 1. The summed E-state index contributed by atoms with van der Waals surface area (Å²) in [6.45, 7) is -0.0356. The number of rotatable bonds is 7. The predicted molar refractivity (Wildman–Crippen MR) is 65.0 cm³/mol. The van der Waals surface area contributed by atoms with Crippen molar-refractivity contribution in [2.75, 3.05) is 27.3 Å². The molecule has 0 saturated carbocycles. The second kappa shape index (κ2) is 6.83. The molecule has 0 heterocycles. The third-order valence-electron chi connectivity index (χ3n) is 2.41. The van der Waals surface area contributed by atoms with Crippen LogP contribution in [0.5, 0.6) is 11.5 Å². The number of methoxy groups -OCH3 is 2. The van der Waals surface area contributed by atoms with Crippen LogP contribution >= 0.6 is 0 Å². The van der Waals surface area contributed by atoms with Gasteiger partial charge in [0.25, 0.3) is 0 Å². The molecule has 0 aromatic heterocycles. The molecule has 1 atom stereocenters. The monoisotopic (exact) mass is 255 g/mol. The molecule has 0 aliphatic rings. The minimum absolute atomic E-state index is 0.155. The number of carboxylic acid groups (broad SMARTS) is 1. The van der Waals surface area contributed by atoms with Gasteiger partial charge in [0.2, 0.25) is 0 Å². The van der Waals surface area contributed by atoms with Crippen LogP contribution in [0.4, 0.5) is 0 Å². The molecule has 0 aliphatic carbocycles. The van der Waals surface area contributed by atoms with E-state index in [1.807, 2.05) is 0 Å². The maximum atomic E-state index is 10.3. The Morgan fingerprint density at radius 1 is 1.33 bits per heavy atom. The topological polar surface area (TPSA) is 88.0 Å². The quantitative estimate of drug-likeness (QED) is 0.654. The molecular formula is C12H17NO5. The van der Waals surface area contributed by atoms with Crippen molar-refractivity contribution in [2.45, 2.75) is 6.10 Å². The van der Waals surface area contributed by atoms with Crippen molar-refractivity contribution in [2.24, 2.45) is 0 Å². The number of aliphatic carboxylic acids is 1. The number of nitrogens with one attached hydrogen (secondary N) is 1. The lowest BCUT2D eigenvalue weighted by atomic mass is 10.1. The maximum Gasteiger partial charge on any atom is 0.317 e. The van der Waals surface area contributed by atoms with Gasteiger partial charge < -0.3 is 25.0 Å². The van der Waals surface area contributed by atoms with Crippen LogP contribution in [0.2, 0.25) is 0 Å². The van der Waals surface area contributed by atoms with Crippen LogP contribution in [0.25, 0.3) is 0 Å². The summed E-state index contributed by atoms with van der Waals surface area (Å²) >= 11 is 0. The molecule has 0 radical (unpaired) electrons. The summed E-state index contributed by atoms with van der Waals surface area (Å²) in [6, 6.07) is 5.05. The number of aliphatic hydroxyl groups is 1. The van der Waals surface area contributed by atoms with E-state index < -0.39 is 12.1 Å². The lowest BCUT2D eigenvalue weighted by Crippen LogP contribution is -2.27. The summed E-state index contributed by atoms with van der Waals surface area (Å²) in [6.07, 6.45) is -0.802. The van der Waals surface area contributed by atoms with Crippen molar-refractivity contribution in [3.63, 3.8) is 0 Å². The van der Waals surface area contributed by atoms with Gasteiger partial charge in [0.05, 0.1) is 26.9 Å². The van der Waals surface area contributed by atoms with E-state index >= 15 is 0 Å². The van der Waals surface area contributed by atoms with Crippen molar-refractivity contribution in [3.05, 3.63) is 23.8 Å². The molecule has 6 heteroatoms. The first-order chi connectivity index (χ1) is 8.58. The van der Waals surface area contributed by atoms with Crippen molar-refractivity contribution in [1.29, 1.82) is 0 Å². The second-order valence-corrected chi connectivity index (χ2v) is 3.65. The number of ether oxygens (including phenoxy) is 2. The minimum atomic E-state index is -0.963. The number of aliphatic hydroxyl groups excluding tert-OH is 1. The maximum absolute atomic E-state index is 10.3. The Bertz CT molecular complexity index is 407. The Hall–Kier alpha value is -1.79. The van der Waals surface area contributed by atoms with Gasteiger partial charge >= 0.3 is 5.97 Å². The summed E-state index contributed by atoms with van der Waals surface area (Å²) in [5.74, 6) is 0.133. The Labute approximate surface area is 105 Å². The summed E-state index contributed by atoms with van der Waals surface area (Å²) in [5, 5.41) is 21.0. The van der Waals surface area contributed by atoms with Crippen LogP contribution in [0.1, 0.15) is 11.7 Å². The highest BCUT2D eigenvalue weighted by Crippen LogP contribution is 2.29. The van der Waals surface area contributed by atoms with Crippen LogP contribution in [-0.2, 0) is 4.79 Å². The Balaban J connectivity index is 2.67. The van der Waals surface area contributed by atoms with Gasteiger partial charge in [0.1, 0.15) is 0 Å². The van der Waals surface area contributed by atoms with E-state index in [0.717, 1.165) is 0 Å². The molecule has 100 valence electrons. The molecule has 0 fully saturated rings. The number of hydrogen-bond acceptors (Lipinski definition) is 5. The molecule has 1 aromatic carbocycles. The van der Waals surface area contributed by atoms with E-state index in [4.69, 9.17) is 14.6 Å². The first-order valence-corrected chi connectivity index (χ1v) is 5.41. The Morgan fingerprint density at radius 3 is 2.56 bits per heavy atom. The van der Waals surface area contributed by atoms with Crippen LogP contribution < -0.4 is 14.8 Å². The summed E-state index contributed by atoms with van der Waals surface area (Å²) in [4.78, 5) is 10.3. The molecule has 6 nitrogen and oxygen atoms in total. The molecule has 3 N–H and O–H groups in total. The van der Waals surface area contributed by atoms with E-state index in [9.17, 15) is 9.90 Å². The molecule has 0 spiro atoms. The molecule has 0 saturated heterocycles. The standard InChI is InChI=1S/C12H17NO5/c1-17-10-4-3-8(5-11(10)18-2)9(14)6-13-7-12(15)16/h3-5,9,13-14H,6-7H2,1-2H3,(H,15,16). The molecule has 1 rings (SSSR count). The minimum Gasteiger partial charge on any atom is -0.493 e. The van der Waals surface area contributed by atoms with Crippen LogP contribution in [-0.4, -0.2) is 43.5 Å². The number of carboxylic acids is 1. The number of hydrogen-bond donors (Lipinski definition) is 3. The Morgan fingerprint density at radius 2 is 2.00 bits per heavy atom. The average Bonchev–Trinajstić information content (AvgIpc) is 2.37. The van der Waals surface area contributed by atoms with Crippen molar-refractivity contribution >= 4 is 5.97 Å². The predicted octanol–water partition coefficient (Wildman–Crippen LogP) is 0.411. The summed E-state index contributed by atoms with van der Waals surface area (Å²) in [7, 11) is 3.04. The van der Waals surface area contributed by atoms with Gasteiger partial charge in [-0.15, -0.1) is 0 Å². The first kappa shape index (κ1) is 14.3. The fourth-order valence-electron chi connectivity index (χ4n) is 1.49. The largest absolute Gasteiger partial charge is 0.493 e. The summed E-state index contributed by atoms with van der Waals surface area (Å²) in [5.41, 5.74) is 0.630. The van der Waals surface area contributed by atoms with Gasteiger partial charge in [0.15, 0.2) is 11.5 Å². The van der Waals surface area contributed by atoms with Gasteiger partial charge in [0, 0.05) is 6.54 Å². The van der Waals surface area contributed by atoms with Crippen LogP contribution in [0, 0.1) is 0 Å².